The van der Waals surface area contributed by atoms with Crippen molar-refractivity contribution in [3.05, 3.63) is 88.9 Å². The van der Waals surface area contributed by atoms with Crippen molar-refractivity contribution in [2.45, 2.75) is 25.3 Å². The Hall–Kier alpha value is -3.35. The summed E-state index contributed by atoms with van der Waals surface area (Å²) in [6.45, 7) is 2.77. The molecule has 1 atom stereocenters. The number of hydrogen-bond acceptors (Lipinski definition) is 4. The van der Waals surface area contributed by atoms with Crippen LogP contribution in [0.3, 0.4) is 0 Å². The maximum absolute atomic E-state index is 13.3. The second-order valence-corrected chi connectivity index (χ2v) is 9.31. The SMILES string of the molecule is O=C(O)CC(NC(=O)c1cc(Cl)ccc1NCC1CCNCC1)c1ccc(-c2ccccc2)cc1. The summed E-state index contributed by atoms with van der Waals surface area (Å²) in [6.07, 6.45) is 1.94. The molecule has 0 aliphatic carbocycles. The van der Waals surface area contributed by atoms with E-state index >= 15 is 0 Å². The number of carboxylic acids is 1. The van der Waals surface area contributed by atoms with Gasteiger partial charge in [0.15, 0.2) is 0 Å². The van der Waals surface area contributed by atoms with Gasteiger partial charge in [0.05, 0.1) is 18.0 Å². The van der Waals surface area contributed by atoms with Crippen LogP contribution in [0.1, 0.15) is 41.2 Å². The zero-order valence-electron chi connectivity index (χ0n) is 19.5. The predicted molar refractivity (Wildman–Crippen MR) is 140 cm³/mol. The number of carbonyl (C=O) groups is 2. The van der Waals surface area contributed by atoms with Crippen molar-refractivity contribution < 1.29 is 14.7 Å². The van der Waals surface area contributed by atoms with Gasteiger partial charge in [0, 0.05) is 17.3 Å². The molecule has 3 aromatic carbocycles. The first-order chi connectivity index (χ1) is 17.0. The highest BCUT2D eigenvalue weighted by Gasteiger charge is 2.22. The Morgan fingerprint density at radius 1 is 0.971 bits per heavy atom. The van der Waals surface area contributed by atoms with Gasteiger partial charge in [-0.1, -0.05) is 66.2 Å². The highest BCUT2D eigenvalue weighted by Crippen LogP contribution is 2.26. The van der Waals surface area contributed by atoms with Crippen LogP contribution < -0.4 is 16.0 Å². The van der Waals surface area contributed by atoms with Crippen molar-refractivity contribution in [2.75, 3.05) is 25.0 Å². The van der Waals surface area contributed by atoms with E-state index in [1.165, 1.54) is 0 Å². The molecule has 1 fully saturated rings. The first kappa shape index (κ1) is 24.8. The van der Waals surface area contributed by atoms with Gasteiger partial charge in [-0.25, -0.2) is 0 Å². The molecule has 6 nitrogen and oxygen atoms in total. The number of carboxylic acid groups (broad SMARTS) is 1. The zero-order valence-corrected chi connectivity index (χ0v) is 20.2. The van der Waals surface area contributed by atoms with Crippen LogP contribution in [0.15, 0.2) is 72.8 Å². The molecular formula is C28H30ClN3O3. The lowest BCUT2D eigenvalue weighted by atomic mass is 9.97. The van der Waals surface area contributed by atoms with E-state index in [9.17, 15) is 14.7 Å². The lowest BCUT2D eigenvalue weighted by Crippen LogP contribution is -2.32. The molecule has 35 heavy (non-hydrogen) atoms. The molecule has 7 heteroatoms. The molecule has 0 aromatic heterocycles. The molecule has 1 aliphatic rings. The molecule has 1 heterocycles. The molecule has 182 valence electrons. The summed E-state index contributed by atoms with van der Waals surface area (Å²) in [6, 6.07) is 22.0. The van der Waals surface area contributed by atoms with E-state index in [1.807, 2.05) is 54.6 Å². The van der Waals surface area contributed by atoms with Crippen LogP contribution in [-0.2, 0) is 4.79 Å². The summed E-state index contributed by atoms with van der Waals surface area (Å²) >= 11 is 6.21. The Kier molecular flexibility index (Phi) is 8.40. The van der Waals surface area contributed by atoms with Crippen molar-refractivity contribution >= 4 is 29.2 Å². The molecule has 0 bridgehead atoms. The van der Waals surface area contributed by atoms with E-state index in [0.717, 1.165) is 49.2 Å². The number of halogens is 1. The summed E-state index contributed by atoms with van der Waals surface area (Å²) in [7, 11) is 0. The Labute approximate surface area is 210 Å². The number of amides is 1. The Bertz CT molecular complexity index is 1150. The summed E-state index contributed by atoms with van der Waals surface area (Å²) < 4.78 is 0. The van der Waals surface area contributed by atoms with E-state index in [4.69, 9.17) is 11.6 Å². The monoisotopic (exact) mass is 491 g/mol. The lowest BCUT2D eigenvalue weighted by molar-refractivity contribution is -0.137. The van der Waals surface area contributed by atoms with E-state index in [-0.39, 0.29) is 12.3 Å². The van der Waals surface area contributed by atoms with Crippen molar-refractivity contribution in [3.63, 3.8) is 0 Å². The number of carbonyl (C=O) groups excluding carboxylic acids is 1. The number of anilines is 1. The number of rotatable bonds is 9. The maximum Gasteiger partial charge on any atom is 0.305 e. The predicted octanol–water partition coefficient (Wildman–Crippen LogP) is 5.36. The van der Waals surface area contributed by atoms with Crippen LogP contribution in [-0.4, -0.2) is 36.6 Å². The van der Waals surface area contributed by atoms with Crippen LogP contribution in [0.25, 0.3) is 11.1 Å². The highest BCUT2D eigenvalue weighted by molar-refractivity contribution is 6.31. The summed E-state index contributed by atoms with van der Waals surface area (Å²) in [5.74, 6) is -0.817. The van der Waals surface area contributed by atoms with Crippen LogP contribution >= 0.6 is 11.6 Å². The quantitative estimate of drug-likeness (QED) is 0.323. The molecule has 3 aromatic rings. The lowest BCUT2D eigenvalue weighted by Gasteiger charge is -2.24. The average Bonchev–Trinajstić information content (AvgIpc) is 2.88. The number of nitrogens with one attached hydrogen (secondary N) is 3. The molecule has 0 saturated carbocycles. The highest BCUT2D eigenvalue weighted by atomic mass is 35.5. The minimum atomic E-state index is -0.988. The maximum atomic E-state index is 13.3. The Balaban J connectivity index is 1.51. The van der Waals surface area contributed by atoms with Crippen LogP contribution in [0.4, 0.5) is 5.69 Å². The topological polar surface area (TPSA) is 90.5 Å². The van der Waals surface area contributed by atoms with Crippen molar-refractivity contribution in [1.82, 2.24) is 10.6 Å². The second kappa shape index (κ2) is 11.9. The van der Waals surface area contributed by atoms with Crippen LogP contribution in [0, 0.1) is 5.92 Å². The van der Waals surface area contributed by atoms with Gasteiger partial charge in [0.2, 0.25) is 0 Å². The van der Waals surface area contributed by atoms with Gasteiger partial charge in [-0.2, -0.15) is 0 Å². The normalized spacial score (nSPS) is 14.8. The smallest absolute Gasteiger partial charge is 0.305 e. The molecule has 4 N–H and O–H groups in total. The molecule has 1 saturated heterocycles. The fraction of sp³-hybridized carbons (Fsp3) is 0.286. The van der Waals surface area contributed by atoms with Crippen molar-refractivity contribution in [1.29, 1.82) is 0 Å². The van der Waals surface area contributed by atoms with Crippen LogP contribution in [0.5, 0.6) is 0 Å². The fourth-order valence-corrected chi connectivity index (χ4v) is 4.57. The molecule has 1 unspecified atom stereocenters. The molecule has 1 aliphatic heterocycles. The standard InChI is InChI=1S/C28H30ClN3O3/c29-23-10-11-25(31-18-19-12-14-30-15-13-19)24(16-23)28(35)32-26(17-27(33)34)22-8-6-21(7-9-22)20-4-2-1-3-5-20/h1-11,16,19,26,30-31H,12-15,17-18H2,(H,32,35)(H,33,34). The van der Waals surface area contributed by atoms with Crippen molar-refractivity contribution in [3.8, 4) is 11.1 Å². The average molecular weight is 492 g/mol. The molecule has 4 rings (SSSR count). The van der Waals surface area contributed by atoms with Gasteiger partial charge in [-0.15, -0.1) is 0 Å². The largest absolute Gasteiger partial charge is 0.481 e. The van der Waals surface area contributed by atoms with Gasteiger partial charge in [0.25, 0.3) is 5.91 Å². The number of aliphatic carboxylic acids is 1. The third kappa shape index (κ3) is 6.84. The first-order valence-corrected chi connectivity index (χ1v) is 12.3. The minimum absolute atomic E-state index is 0.227. The van der Waals surface area contributed by atoms with Gasteiger partial charge in [-0.3, -0.25) is 9.59 Å². The molecule has 0 spiro atoms. The number of benzene rings is 3. The van der Waals surface area contributed by atoms with Gasteiger partial charge < -0.3 is 21.1 Å². The molecule has 0 radical (unpaired) electrons. The van der Waals surface area contributed by atoms with E-state index in [0.29, 0.717) is 22.2 Å². The van der Waals surface area contributed by atoms with Crippen LogP contribution in [0.2, 0.25) is 5.02 Å². The third-order valence-corrected chi connectivity index (χ3v) is 6.61. The van der Waals surface area contributed by atoms with E-state index < -0.39 is 12.0 Å². The fourth-order valence-electron chi connectivity index (χ4n) is 4.40. The van der Waals surface area contributed by atoms with Gasteiger partial charge in [-0.05, 0) is 66.7 Å². The van der Waals surface area contributed by atoms with E-state index in [1.54, 1.807) is 18.2 Å². The second-order valence-electron chi connectivity index (χ2n) is 8.88. The van der Waals surface area contributed by atoms with Crippen molar-refractivity contribution in [2.24, 2.45) is 5.92 Å². The van der Waals surface area contributed by atoms with Gasteiger partial charge in [0.1, 0.15) is 0 Å². The van der Waals surface area contributed by atoms with Gasteiger partial charge >= 0.3 is 5.97 Å². The summed E-state index contributed by atoms with van der Waals surface area (Å²) in [5, 5.41) is 19.6. The minimum Gasteiger partial charge on any atom is -0.481 e. The zero-order chi connectivity index (χ0) is 24.6. The number of hydrogen-bond donors (Lipinski definition) is 4. The Morgan fingerprint density at radius 3 is 2.34 bits per heavy atom. The third-order valence-electron chi connectivity index (χ3n) is 6.37. The van der Waals surface area contributed by atoms with E-state index in [2.05, 4.69) is 16.0 Å². The Morgan fingerprint density at radius 2 is 1.66 bits per heavy atom. The summed E-state index contributed by atoms with van der Waals surface area (Å²) in [5.41, 5.74) is 3.92. The molecule has 1 amide bonds. The molecular weight excluding hydrogens is 462 g/mol. The first-order valence-electron chi connectivity index (χ1n) is 11.9. The number of piperidine rings is 1. The summed E-state index contributed by atoms with van der Waals surface area (Å²) in [4.78, 5) is 24.9.